The van der Waals surface area contributed by atoms with Crippen LogP contribution in [0.15, 0.2) is 30.4 Å². The molecular weight excluding hydrogens is 198 g/mol. The number of nitrogens with two attached hydrogens (primary N) is 1. The van der Waals surface area contributed by atoms with Crippen LogP contribution in [0.3, 0.4) is 0 Å². The second kappa shape index (κ2) is 5.17. The average Bonchev–Trinajstić information content (AvgIpc) is 2.35. The van der Waals surface area contributed by atoms with E-state index in [1.807, 2.05) is 6.07 Å². The molecule has 2 heteroatoms. The minimum atomic E-state index is 0.491. The number of hydrogen-bond acceptors (Lipinski definition) is 2. The Balaban J connectivity index is 2.03. The normalized spacial score (nSPS) is 14.3. The van der Waals surface area contributed by atoms with Crippen molar-refractivity contribution in [2.45, 2.75) is 25.7 Å². The van der Waals surface area contributed by atoms with E-state index in [1.54, 1.807) is 0 Å². The van der Waals surface area contributed by atoms with Gasteiger partial charge in [-0.05, 0) is 54.5 Å². The maximum absolute atomic E-state index is 5.65. The van der Waals surface area contributed by atoms with Gasteiger partial charge in [0.15, 0.2) is 0 Å². The Morgan fingerprint density at radius 3 is 2.75 bits per heavy atom. The number of aryl methyl sites for hydroxylation is 2. The van der Waals surface area contributed by atoms with Crippen LogP contribution in [0.1, 0.15) is 24.0 Å². The zero-order valence-corrected chi connectivity index (χ0v) is 9.67. The molecule has 0 atom stereocenters. The van der Waals surface area contributed by atoms with Crippen LogP contribution < -0.4 is 10.5 Å². The van der Waals surface area contributed by atoms with Crippen molar-refractivity contribution in [3.8, 4) is 5.75 Å². The van der Waals surface area contributed by atoms with Crippen molar-refractivity contribution in [2.24, 2.45) is 5.73 Å². The molecule has 0 saturated carbocycles. The Morgan fingerprint density at radius 2 is 2.00 bits per heavy atom. The molecule has 2 rings (SSSR count). The number of fused-ring (bicyclic) bond motifs is 1. The zero-order valence-electron chi connectivity index (χ0n) is 9.67. The molecule has 0 radical (unpaired) electrons. The van der Waals surface area contributed by atoms with E-state index in [0.29, 0.717) is 13.2 Å². The van der Waals surface area contributed by atoms with E-state index in [0.717, 1.165) is 11.3 Å². The molecule has 16 heavy (non-hydrogen) atoms. The van der Waals surface area contributed by atoms with Crippen molar-refractivity contribution in [1.82, 2.24) is 0 Å². The van der Waals surface area contributed by atoms with Crippen molar-refractivity contribution >= 4 is 0 Å². The predicted molar refractivity (Wildman–Crippen MR) is 66.8 cm³/mol. The van der Waals surface area contributed by atoms with E-state index in [1.165, 1.54) is 36.8 Å². The van der Waals surface area contributed by atoms with Crippen LogP contribution >= 0.6 is 0 Å². The predicted octanol–water partition coefficient (Wildman–Crippen LogP) is 2.46. The quantitative estimate of drug-likeness (QED) is 0.786. The highest BCUT2D eigenvalue weighted by Gasteiger charge is 2.09. The molecule has 0 aromatic heterocycles. The summed E-state index contributed by atoms with van der Waals surface area (Å²) in [6.07, 6.45) is 5.01. The molecule has 0 unspecified atom stereocenters. The Labute approximate surface area is 97.1 Å². The van der Waals surface area contributed by atoms with Gasteiger partial charge < -0.3 is 10.5 Å². The lowest BCUT2D eigenvalue weighted by Gasteiger charge is -2.17. The third-order valence-corrected chi connectivity index (χ3v) is 3.05. The molecule has 0 bridgehead atoms. The van der Waals surface area contributed by atoms with Crippen LogP contribution in [0.4, 0.5) is 0 Å². The van der Waals surface area contributed by atoms with Gasteiger partial charge in [-0.1, -0.05) is 12.6 Å². The van der Waals surface area contributed by atoms with Gasteiger partial charge in [0.05, 0.1) is 0 Å². The van der Waals surface area contributed by atoms with Crippen LogP contribution in [-0.2, 0) is 12.8 Å². The Bertz CT molecular complexity index is 384. The van der Waals surface area contributed by atoms with Crippen LogP contribution in [0.25, 0.3) is 0 Å². The Morgan fingerprint density at radius 1 is 1.25 bits per heavy atom. The summed E-state index contributed by atoms with van der Waals surface area (Å²) in [5.74, 6) is 0.940. The maximum atomic E-state index is 5.65. The third-order valence-electron chi connectivity index (χ3n) is 3.05. The minimum Gasteiger partial charge on any atom is -0.489 e. The minimum absolute atomic E-state index is 0.491. The molecule has 1 aromatic carbocycles. The van der Waals surface area contributed by atoms with Gasteiger partial charge >= 0.3 is 0 Å². The van der Waals surface area contributed by atoms with Crippen molar-refractivity contribution in [2.75, 3.05) is 13.2 Å². The van der Waals surface area contributed by atoms with Gasteiger partial charge in [-0.15, -0.1) is 0 Å². The Kier molecular flexibility index (Phi) is 3.62. The van der Waals surface area contributed by atoms with Crippen LogP contribution in [0.2, 0.25) is 0 Å². The lowest BCUT2D eigenvalue weighted by molar-refractivity contribution is 0.350. The summed E-state index contributed by atoms with van der Waals surface area (Å²) in [6, 6.07) is 6.40. The molecule has 1 aliphatic rings. The maximum Gasteiger partial charge on any atom is 0.120 e. The van der Waals surface area contributed by atoms with Crippen molar-refractivity contribution in [3.63, 3.8) is 0 Å². The lowest BCUT2D eigenvalue weighted by Crippen LogP contribution is -2.10. The summed E-state index contributed by atoms with van der Waals surface area (Å²) in [4.78, 5) is 0. The Hall–Kier alpha value is -1.28. The summed E-state index contributed by atoms with van der Waals surface area (Å²) in [5.41, 5.74) is 9.32. The number of ether oxygens (including phenoxy) is 1. The molecule has 0 amide bonds. The van der Waals surface area contributed by atoms with E-state index in [4.69, 9.17) is 10.5 Å². The first-order chi connectivity index (χ1) is 7.79. The smallest absolute Gasteiger partial charge is 0.120 e. The molecule has 0 aliphatic heterocycles. The van der Waals surface area contributed by atoms with Gasteiger partial charge in [0.25, 0.3) is 0 Å². The number of hydrogen-bond donors (Lipinski definition) is 1. The fourth-order valence-corrected chi connectivity index (χ4v) is 2.04. The second-order valence-electron chi connectivity index (χ2n) is 4.38. The standard InChI is InChI=1S/C14H19NO/c1-11(9-15)10-16-14-7-6-12-4-2-3-5-13(12)8-14/h6-8H,1-5,9-10,15H2. The number of rotatable bonds is 4. The molecule has 0 fully saturated rings. The summed E-state index contributed by atoms with van der Waals surface area (Å²) >= 11 is 0. The van der Waals surface area contributed by atoms with E-state index in [2.05, 4.69) is 18.7 Å². The van der Waals surface area contributed by atoms with Crippen molar-refractivity contribution in [3.05, 3.63) is 41.5 Å². The first kappa shape index (κ1) is 11.2. The molecule has 1 aromatic rings. The van der Waals surface area contributed by atoms with Gasteiger partial charge in [-0.25, -0.2) is 0 Å². The van der Waals surface area contributed by atoms with E-state index < -0.39 is 0 Å². The molecule has 1 aliphatic carbocycles. The molecular formula is C14H19NO. The second-order valence-corrected chi connectivity index (χ2v) is 4.38. The van der Waals surface area contributed by atoms with Gasteiger partial charge in [0.2, 0.25) is 0 Å². The van der Waals surface area contributed by atoms with E-state index in [9.17, 15) is 0 Å². The SMILES string of the molecule is C=C(CN)COc1ccc2c(c1)CCCC2. The molecule has 0 heterocycles. The first-order valence-electron chi connectivity index (χ1n) is 5.91. The average molecular weight is 217 g/mol. The van der Waals surface area contributed by atoms with Crippen LogP contribution in [0.5, 0.6) is 5.75 Å². The summed E-state index contributed by atoms with van der Waals surface area (Å²) in [5, 5.41) is 0. The largest absolute Gasteiger partial charge is 0.489 e. The van der Waals surface area contributed by atoms with E-state index in [-0.39, 0.29) is 0 Å². The molecule has 0 spiro atoms. The highest BCUT2D eigenvalue weighted by atomic mass is 16.5. The van der Waals surface area contributed by atoms with E-state index >= 15 is 0 Å². The summed E-state index contributed by atoms with van der Waals surface area (Å²) in [6.45, 7) is 4.84. The van der Waals surface area contributed by atoms with Gasteiger partial charge in [-0.3, -0.25) is 0 Å². The summed E-state index contributed by atoms with van der Waals surface area (Å²) in [7, 11) is 0. The number of benzene rings is 1. The van der Waals surface area contributed by atoms with Crippen molar-refractivity contribution in [1.29, 1.82) is 0 Å². The first-order valence-corrected chi connectivity index (χ1v) is 5.91. The van der Waals surface area contributed by atoms with Gasteiger partial charge in [0, 0.05) is 6.54 Å². The monoisotopic (exact) mass is 217 g/mol. The van der Waals surface area contributed by atoms with Crippen LogP contribution in [-0.4, -0.2) is 13.2 Å². The van der Waals surface area contributed by atoms with Gasteiger partial charge in [-0.2, -0.15) is 0 Å². The van der Waals surface area contributed by atoms with Gasteiger partial charge in [0.1, 0.15) is 12.4 Å². The fraction of sp³-hybridized carbons (Fsp3) is 0.429. The fourth-order valence-electron chi connectivity index (χ4n) is 2.04. The van der Waals surface area contributed by atoms with Crippen LogP contribution in [0, 0.1) is 0 Å². The molecule has 2 N–H and O–H groups in total. The molecule has 0 saturated heterocycles. The highest BCUT2D eigenvalue weighted by Crippen LogP contribution is 2.25. The van der Waals surface area contributed by atoms with Crippen molar-refractivity contribution < 1.29 is 4.74 Å². The third kappa shape index (κ3) is 2.64. The lowest BCUT2D eigenvalue weighted by atomic mass is 9.92. The molecule has 86 valence electrons. The highest BCUT2D eigenvalue weighted by molar-refractivity contribution is 5.37. The summed E-state index contributed by atoms with van der Waals surface area (Å²) < 4.78 is 5.65. The topological polar surface area (TPSA) is 35.2 Å². The molecule has 2 nitrogen and oxygen atoms in total. The zero-order chi connectivity index (χ0) is 11.4.